The van der Waals surface area contributed by atoms with Crippen molar-refractivity contribution in [3.8, 4) is 5.75 Å². The maximum atomic E-state index is 5.70. The Morgan fingerprint density at radius 1 is 1.26 bits per heavy atom. The number of nitrogens with two attached hydrogens (primary N) is 1. The van der Waals surface area contributed by atoms with E-state index in [1.807, 2.05) is 12.1 Å². The average molecular weight is 376 g/mol. The number of ether oxygens (including phenoxy) is 2. The molecule has 0 amide bonds. The Bertz CT molecular complexity index is 350. The highest BCUT2D eigenvalue weighted by atomic mass is 127. The molecule has 0 spiro atoms. The van der Waals surface area contributed by atoms with Crippen LogP contribution in [0.5, 0.6) is 5.75 Å². The van der Waals surface area contributed by atoms with Crippen molar-refractivity contribution in [1.82, 2.24) is 0 Å². The van der Waals surface area contributed by atoms with Crippen molar-refractivity contribution >= 4 is 22.6 Å². The van der Waals surface area contributed by atoms with Crippen molar-refractivity contribution in [2.75, 3.05) is 26.3 Å². The van der Waals surface area contributed by atoms with Crippen LogP contribution in [-0.2, 0) is 4.74 Å². The Hall–Kier alpha value is -0.330. The second-order valence-electron chi connectivity index (χ2n) is 4.96. The number of rotatable bonds is 8. The standard InChI is InChI=1S/C15H22INO2/c16-13-5-7-14(8-6-13)18-10-2-1-9-17-12-15-4-3-11-19-15/h5-8,15,17H,1-4,9-12H2/p+1/t15-/m0/s1. The number of benzene rings is 1. The monoisotopic (exact) mass is 376 g/mol. The molecule has 1 fully saturated rings. The summed E-state index contributed by atoms with van der Waals surface area (Å²) in [7, 11) is 0. The molecule has 1 atom stereocenters. The lowest BCUT2D eigenvalue weighted by atomic mass is 10.2. The molecule has 0 aliphatic carbocycles. The first-order chi connectivity index (χ1) is 9.34. The third-order valence-corrected chi connectivity index (χ3v) is 4.06. The highest BCUT2D eigenvalue weighted by Crippen LogP contribution is 2.13. The Labute approximate surface area is 129 Å². The molecule has 0 saturated carbocycles. The van der Waals surface area contributed by atoms with E-state index in [2.05, 4.69) is 40.0 Å². The second-order valence-corrected chi connectivity index (χ2v) is 6.20. The van der Waals surface area contributed by atoms with Gasteiger partial charge >= 0.3 is 0 Å². The van der Waals surface area contributed by atoms with E-state index in [1.54, 1.807) is 0 Å². The molecular formula is C15H23INO2+. The Morgan fingerprint density at radius 3 is 2.84 bits per heavy atom. The van der Waals surface area contributed by atoms with Gasteiger partial charge in [0.25, 0.3) is 0 Å². The minimum absolute atomic E-state index is 0.503. The topological polar surface area (TPSA) is 35.1 Å². The van der Waals surface area contributed by atoms with E-state index in [-0.39, 0.29) is 0 Å². The molecule has 106 valence electrons. The van der Waals surface area contributed by atoms with Crippen LogP contribution in [0.3, 0.4) is 0 Å². The summed E-state index contributed by atoms with van der Waals surface area (Å²) >= 11 is 2.30. The van der Waals surface area contributed by atoms with Gasteiger partial charge in [-0.05, 0) is 72.5 Å². The van der Waals surface area contributed by atoms with Crippen molar-refractivity contribution in [2.24, 2.45) is 0 Å². The predicted octanol–water partition coefficient (Wildman–Crippen LogP) is 2.19. The fourth-order valence-electron chi connectivity index (χ4n) is 2.25. The minimum Gasteiger partial charge on any atom is -0.494 e. The molecule has 1 heterocycles. The normalized spacial score (nSPS) is 18.7. The quantitative estimate of drug-likeness (QED) is 0.558. The summed E-state index contributed by atoms with van der Waals surface area (Å²) in [5, 5.41) is 2.38. The molecule has 2 N–H and O–H groups in total. The van der Waals surface area contributed by atoms with Gasteiger partial charge in [-0.3, -0.25) is 0 Å². The molecule has 1 aliphatic rings. The van der Waals surface area contributed by atoms with Crippen molar-refractivity contribution in [1.29, 1.82) is 0 Å². The van der Waals surface area contributed by atoms with Gasteiger partial charge in [0.2, 0.25) is 0 Å². The minimum atomic E-state index is 0.503. The van der Waals surface area contributed by atoms with E-state index in [1.165, 1.54) is 29.4 Å². The van der Waals surface area contributed by atoms with Gasteiger partial charge in [0.05, 0.1) is 13.2 Å². The highest BCUT2D eigenvalue weighted by molar-refractivity contribution is 14.1. The maximum Gasteiger partial charge on any atom is 0.119 e. The first-order valence-electron chi connectivity index (χ1n) is 7.16. The molecular weight excluding hydrogens is 353 g/mol. The van der Waals surface area contributed by atoms with E-state index in [4.69, 9.17) is 9.47 Å². The van der Waals surface area contributed by atoms with Crippen LogP contribution in [0.4, 0.5) is 0 Å². The summed E-state index contributed by atoms with van der Waals surface area (Å²) < 4.78 is 12.5. The van der Waals surface area contributed by atoms with Gasteiger partial charge in [0.1, 0.15) is 18.4 Å². The maximum absolute atomic E-state index is 5.70. The Kier molecular flexibility index (Phi) is 6.95. The number of quaternary nitrogens is 1. The lowest BCUT2D eigenvalue weighted by Crippen LogP contribution is -2.86. The molecule has 3 nitrogen and oxygen atoms in total. The van der Waals surface area contributed by atoms with Crippen LogP contribution >= 0.6 is 22.6 Å². The van der Waals surface area contributed by atoms with Gasteiger partial charge in [-0.2, -0.15) is 0 Å². The molecule has 0 radical (unpaired) electrons. The van der Waals surface area contributed by atoms with Crippen molar-refractivity contribution in [3.63, 3.8) is 0 Å². The first kappa shape index (κ1) is 15.1. The number of hydrogen-bond acceptors (Lipinski definition) is 2. The summed E-state index contributed by atoms with van der Waals surface area (Å²) in [4.78, 5) is 0. The highest BCUT2D eigenvalue weighted by Gasteiger charge is 2.16. The summed E-state index contributed by atoms with van der Waals surface area (Å²) in [6, 6.07) is 8.22. The molecule has 19 heavy (non-hydrogen) atoms. The third-order valence-electron chi connectivity index (χ3n) is 3.34. The van der Waals surface area contributed by atoms with E-state index >= 15 is 0 Å². The molecule has 1 aliphatic heterocycles. The molecule has 4 heteroatoms. The molecule has 0 bridgehead atoms. The largest absolute Gasteiger partial charge is 0.494 e. The van der Waals surface area contributed by atoms with E-state index in [9.17, 15) is 0 Å². The van der Waals surface area contributed by atoms with Crippen molar-refractivity contribution < 1.29 is 14.8 Å². The zero-order valence-electron chi connectivity index (χ0n) is 11.3. The summed E-state index contributed by atoms with van der Waals surface area (Å²) in [5.41, 5.74) is 0. The molecule has 1 aromatic rings. The lowest BCUT2D eigenvalue weighted by molar-refractivity contribution is -0.661. The van der Waals surface area contributed by atoms with E-state index in [0.29, 0.717) is 6.10 Å². The van der Waals surface area contributed by atoms with Gasteiger partial charge in [-0.1, -0.05) is 0 Å². The molecule has 1 aromatic carbocycles. The van der Waals surface area contributed by atoms with Crippen LogP contribution in [0.25, 0.3) is 0 Å². The molecule has 0 unspecified atom stereocenters. The van der Waals surface area contributed by atoms with Gasteiger partial charge in [-0.15, -0.1) is 0 Å². The number of unbranched alkanes of at least 4 members (excludes halogenated alkanes) is 1. The number of halogens is 1. The van der Waals surface area contributed by atoms with E-state index < -0.39 is 0 Å². The zero-order valence-corrected chi connectivity index (χ0v) is 13.5. The molecule has 1 saturated heterocycles. The van der Waals surface area contributed by atoms with Crippen LogP contribution in [-0.4, -0.2) is 32.4 Å². The lowest BCUT2D eigenvalue weighted by Gasteiger charge is -2.08. The zero-order chi connectivity index (χ0) is 13.3. The Morgan fingerprint density at radius 2 is 2.11 bits per heavy atom. The van der Waals surface area contributed by atoms with Gasteiger partial charge in [0, 0.05) is 10.2 Å². The van der Waals surface area contributed by atoms with Crippen LogP contribution in [0, 0.1) is 3.57 Å². The Balaban J connectivity index is 1.44. The van der Waals surface area contributed by atoms with Crippen LogP contribution in [0.1, 0.15) is 25.7 Å². The average Bonchev–Trinajstić information content (AvgIpc) is 2.93. The van der Waals surface area contributed by atoms with Gasteiger partial charge in [0.15, 0.2) is 0 Å². The smallest absolute Gasteiger partial charge is 0.119 e. The predicted molar refractivity (Wildman–Crippen MR) is 84.5 cm³/mol. The van der Waals surface area contributed by atoms with Crippen LogP contribution in [0.2, 0.25) is 0 Å². The fourth-order valence-corrected chi connectivity index (χ4v) is 2.61. The fraction of sp³-hybridized carbons (Fsp3) is 0.600. The SMILES string of the molecule is Ic1ccc(OCCCC[NH2+]C[C@@H]2CCCO2)cc1. The van der Waals surface area contributed by atoms with Gasteiger partial charge in [-0.25, -0.2) is 0 Å². The molecule has 0 aromatic heterocycles. The molecule has 2 rings (SSSR count). The first-order valence-corrected chi connectivity index (χ1v) is 8.24. The van der Waals surface area contributed by atoms with Crippen LogP contribution in [0.15, 0.2) is 24.3 Å². The summed E-state index contributed by atoms with van der Waals surface area (Å²) in [6.45, 7) is 4.07. The number of hydrogen-bond donors (Lipinski definition) is 1. The van der Waals surface area contributed by atoms with E-state index in [0.717, 1.165) is 31.9 Å². The van der Waals surface area contributed by atoms with Crippen molar-refractivity contribution in [2.45, 2.75) is 31.8 Å². The second kappa shape index (κ2) is 8.76. The van der Waals surface area contributed by atoms with Gasteiger partial charge < -0.3 is 14.8 Å². The third kappa shape index (κ3) is 6.10. The summed E-state index contributed by atoms with van der Waals surface area (Å²) in [5.74, 6) is 0.976. The van der Waals surface area contributed by atoms with Crippen LogP contribution < -0.4 is 10.1 Å². The summed E-state index contributed by atoms with van der Waals surface area (Å²) in [6.07, 6.45) is 5.31. The van der Waals surface area contributed by atoms with Crippen molar-refractivity contribution in [3.05, 3.63) is 27.8 Å².